The monoisotopic (exact) mass is 377 g/mol. The van der Waals surface area contributed by atoms with E-state index in [-0.39, 0.29) is 33.7 Å². The number of carbonyl (C=O) groups excluding carboxylic acids is 3. The van der Waals surface area contributed by atoms with Crippen LogP contribution in [0.3, 0.4) is 0 Å². The van der Waals surface area contributed by atoms with Gasteiger partial charge in [0, 0.05) is 0 Å². The summed E-state index contributed by atoms with van der Waals surface area (Å²) in [6, 6.07) is 0. The van der Waals surface area contributed by atoms with E-state index in [1.165, 1.54) is 4.90 Å². The molecule has 0 fully saturated rings. The third-order valence-corrected chi connectivity index (χ3v) is 1.80. The predicted octanol–water partition coefficient (Wildman–Crippen LogP) is 1.05. The highest BCUT2D eigenvalue weighted by molar-refractivity contribution is 9.18. The van der Waals surface area contributed by atoms with Gasteiger partial charge in [0.1, 0.15) is 0 Å². The molecule has 0 saturated heterocycles. The Hall–Kier alpha value is 0.410. The predicted molar refractivity (Wildman–Crippen MR) is 58.2 cm³/mol. The van der Waals surface area contributed by atoms with Crippen molar-refractivity contribution in [3.05, 3.63) is 0 Å². The maximum Gasteiger partial charge on any atom is 0.211 e. The van der Waals surface area contributed by atoms with E-state index in [9.17, 15) is 14.4 Å². The van der Waals surface area contributed by atoms with Gasteiger partial charge in [0.2, 0.25) is 14.1 Å². The zero-order valence-corrected chi connectivity index (χ0v) is 11.2. The van der Waals surface area contributed by atoms with Gasteiger partial charge in [0.05, 0.1) is 19.6 Å². The Morgan fingerprint density at radius 1 is 0.769 bits per heavy atom. The van der Waals surface area contributed by atoms with Crippen molar-refractivity contribution >= 4 is 61.9 Å². The Morgan fingerprint density at radius 2 is 1.00 bits per heavy atom. The van der Waals surface area contributed by atoms with Crippen molar-refractivity contribution in [1.29, 1.82) is 0 Å². The smallest absolute Gasteiger partial charge is 0.211 e. The molecule has 7 heteroatoms. The molecule has 0 atom stereocenters. The lowest BCUT2D eigenvalue weighted by Crippen LogP contribution is -2.34. The van der Waals surface area contributed by atoms with Crippen LogP contribution in [0.1, 0.15) is 0 Å². The van der Waals surface area contributed by atoms with Gasteiger partial charge in [0.15, 0.2) is 0 Å². The highest BCUT2D eigenvalue weighted by Gasteiger charge is 2.13. The summed E-state index contributed by atoms with van der Waals surface area (Å²) in [7, 11) is 0. The molecule has 0 aliphatic heterocycles. The van der Waals surface area contributed by atoms with Crippen LogP contribution in [0.15, 0.2) is 0 Å². The summed E-state index contributed by atoms with van der Waals surface area (Å²) in [4.78, 5) is 33.3. The normalized spacial score (nSPS) is 10.2. The largest absolute Gasteiger partial charge is 0.285 e. The van der Waals surface area contributed by atoms with Gasteiger partial charge in [-0.3, -0.25) is 19.3 Å². The molecule has 0 aromatic rings. The Kier molecular flexibility index (Phi) is 7.02. The standard InChI is InChI=1S/C6H6Br3NO3/c7-4(11)1-10(2-5(8)12)3-6(9)13/h1-3H2. The topological polar surface area (TPSA) is 54.5 Å². The quantitative estimate of drug-likeness (QED) is 0.647. The molecule has 0 bridgehead atoms. The third kappa shape index (κ3) is 8.73. The Bertz CT molecular complexity index is 193. The van der Waals surface area contributed by atoms with Crippen molar-refractivity contribution in [1.82, 2.24) is 4.90 Å². The number of rotatable bonds is 6. The van der Waals surface area contributed by atoms with Crippen molar-refractivity contribution in [2.45, 2.75) is 0 Å². The maximum atomic E-state index is 10.6. The number of halogens is 3. The first-order valence-electron chi connectivity index (χ1n) is 3.19. The van der Waals surface area contributed by atoms with Crippen molar-refractivity contribution in [3.63, 3.8) is 0 Å². The van der Waals surface area contributed by atoms with Crippen LogP contribution in [0.5, 0.6) is 0 Å². The summed E-state index contributed by atoms with van der Waals surface area (Å²) in [5, 5.41) is 0. The van der Waals surface area contributed by atoms with Gasteiger partial charge in [-0.15, -0.1) is 0 Å². The molecule has 0 aromatic heterocycles. The van der Waals surface area contributed by atoms with Crippen LogP contribution in [0, 0.1) is 0 Å². The number of nitrogens with zero attached hydrogens (tertiary/aromatic N) is 1. The lowest BCUT2D eigenvalue weighted by atomic mass is 10.5. The van der Waals surface area contributed by atoms with E-state index < -0.39 is 0 Å². The fraction of sp³-hybridized carbons (Fsp3) is 0.500. The molecule has 0 spiro atoms. The van der Waals surface area contributed by atoms with E-state index in [0.717, 1.165) is 0 Å². The first kappa shape index (κ1) is 13.4. The van der Waals surface area contributed by atoms with Crippen molar-refractivity contribution in [2.75, 3.05) is 19.6 Å². The van der Waals surface area contributed by atoms with E-state index in [2.05, 4.69) is 47.8 Å². The second-order valence-electron chi connectivity index (χ2n) is 2.21. The lowest BCUT2D eigenvalue weighted by molar-refractivity contribution is -0.115. The Balaban J connectivity index is 4.10. The SMILES string of the molecule is O=C(Br)CN(CC(=O)Br)CC(=O)Br. The van der Waals surface area contributed by atoms with Crippen LogP contribution in [0.4, 0.5) is 0 Å². The minimum absolute atomic E-state index is 0.0225. The van der Waals surface area contributed by atoms with E-state index in [1.54, 1.807) is 0 Å². The van der Waals surface area contributed by atoms with Gasteiger partial charge in [-0.05, 0) is 47.8 Å². The molecule has 13 heavy (non-hydrogen) atoms. The van der Waals surface area contributed by atoms with Crippen LogP contribution in [0.25, 0.3) is 0 Å². The van der Waals surface area contributed by atoms with Crippen LogP contribution in [0.2, 0.25) is 0 Å². The molecular formula is C6H6Br3NO3. The molecule has 0 unspecified atom stereocenters. The van der Waals surface area contributed by atoms with Crippen LogP contribution < -0.4 is 0 Å². The highest BCUT2D eigenvalue weighted by Crippen LogP contribution is 1.99. The molecule has 0 saturated carbocycles. The summed E-state index contributed by atoms with van der Waals surface area (Å²) >= 11 is 8.16. The van der Waals surface area contributed by atoms with Gasteiger partial charge >= 0.3 is 0 Å². The van der Waals surface area contributed by atoms with E-state index in [0.29, 0.717) is 0 Å². The average Bonchev–Trinajstić information content (AvgIpc) is 1.80. The first-order chi connectivity index (χ1) is 5.91. The molecule has 0 heterocycles. The molecule has 0 radical (unpaired) electrons. The first-order valence-corrected chi connectivity index (χ1v) is 5.57. The number of carbonyl (C=O) groups is 3. The third-order valence-electron chi connectivity index (χ3n) is 1.04. The molecule has 0 amide bonds. The van der Waals surface area contributed by atoms with Crippen LogP contribution in [-0.4, -0.2) is 38.6 Å². The van der Waals surface area contributed by atoms with E-state index in [1.807, 2.05) is 0 Å². The van der Waals surface area contributed by atoms with E-state index >= 15 is 0 Å². The van der Waals surface area contributed by atoms with Crippen LogP contribution >= 0.6 is 47.8 Å². The average molecular weight is 380 g/mol. The summed E-state index contributed by atoms with van der Waals surface area (Å²) in [6.45, 7) is 0.0675. The second-order valence-corrected chi connectivity index (χ2v) is 4.86. The summed E-state index contributed by atoms with van der Waals surface area (Å²) in [5.74, 6) is 0. The number of hydrogen-bond acceptors (Lipinski definition) is 4. The Labute approximate surface area is 100 Å². The second kappa shape index (κ2) is 6.80. The molecule has 0 aliphatic carbocycles. The molecule has 0 aromatic carbocycles. The van der Waals surface area contributed by atoms with E-state index in [4.69, 9.17) is 0 Å². The summed E-state index contributed by atoms with van der Waals surface area (Å²) < 4.78 is -0.806. The van der Waals surface area contributed by atoms with Gasteiger partial charge in [-0.2, -0.15) is 0 Å². The molecule has 74 valence electrons. The molecule has 0 aliphatic rings. The molecule has 0 rings (SSSR count). The van der Waals surface area contributed by atoms with Crippen molar-refractivity contribution in [3.8, 4) is 0 Å². The summed E-state index contributed by atoms with van der Waals surface area (Å²) in [5.41, 5.74) is 0. The fourth-order valence-corrected chi connectivity index (χ4v) is 1.76. The zero-order valence-electron chi connectivity index (χ0n) is 6.43. The van der Waals surface area contributed by atoms with Gasteiger partial charge in [-0.1, -0.05) is 0 Å². The number of hydrogen-bond donors (Lipinski definition) is 0. The minimum Gasteiger partial charge on any atom is -0.285 e. The summed E-state index contributed by atoms with van der Waals surface area (Å²) in [6.07, 6.45) is 0. The van der Waals surface area contributed by atoms with Crippen molar-refractivity contribution in [2.24, 2.45) is 0 Å². The van der Waals surface area contributed by atoms with Gasteiger partial charge in [-0.25, -0.2) is 0 Å². The zero-order chi connectivity index (χ0) is 10.4. The van der Waals surface area contributed by atoms with Gasteiger partial charge < -0.3 is 0 Å². The van der Waals surface area contributed by atoms with Crippen LogP contribution in [-0.2, 0) is 14.4 Å². The fourth-order valence-electron chi connectivity index (χ4n) is 0.695. The van der Waals surface area contributed by atoms with Gasteiger partial charge in [0.25, 0.3) is 0 Å². The molecule has 0 N–H and O–H groups in total. The maximum absolute atomic E-state index is 10.6. The minimum atomic E-state index is -0.269. The van der Waals surface area contributed by atoms with Crippen molar-refractivity contribution < 1.29 is 14.4 Å². The Morgan fingerprint density at radius 3 is 1.15 bits per heavy atom. The lowest BCUT2D eigenvalue weighted by Gasteiger charge is -2.15. The molecular weight excluding hydrogens is 374 g/mol. The molecule has 4 nitrogen and oxygen atoms in total. The highest BCUT2D eigenvalue weighted by atomic mass is 79.9.